The highest BCUT2D eigenvalue weighted by atomic mass is 16.1. The van der Waals surface area contributed by atoms with Crippen molar-refractivity contribution >= 4 is 22.6 Å². The van der Waals surface area contributed by atoms with Crippen molar-refractivity contribution < 1.29 is 4.79 Å². The van der Waals surface area contributed by atoms with Gasteiger partial charge in [-0.25, -0.2) is 24.3 Å². The third kappa shape index (κ3) is 4.09. The van der Waals surface area contributed by atoms with E-state index < -0.39 is 0 Å². The van der Waals surface area contributed by atoms with Crippen molar-refractivity contribution in [3.05, 3.63) is 115 Å². The van der Waals surface area contributed by atoms with Gasteiger partial charge < -0.3 is 5.32 Å². The Morgan fingerprint density at radius 1 is 0.917 bits per heavy atom. The number of nitrogens with zero attached hydrogens (tertiary/aromatic N) is 7. The molecule has 9 nitrogen and oxygen atoms in total. The van der Waals surface area contributed by atoms with Gasteiger partial charge in [-0.2, -0.15) is 10.2 Å². The molecule has 0 aliphatic carbocycles. The van der Waals surface area contributed by atoms with Crippen LogP contribution in [0.2, 0.25) is 0 Å². The first-order valence-corrected chi connectivity index (χ1v) is 11.3. The zero-order valence-corrected chi connectivity index (χ0v) is 19.1. The Morgan fingerprint density at radius 3 is 2.50 bits per heavy atom. The zero-order valence-electron chi connectivity index (χ0n) is 19.1. The van der Waals surface area contributed by atoms with Crippen molar-refractivity contribution in [1.29, 1.82) is 0 Å². The third-order valence-electron chi connectivity index (χ3n) is 5.77. The summed E-state index contributed by atoms with van der Waals surface area (Å²) < 4.78 is 3.32. The van der Waals surface area contributed by atoms with E-state index >= 15 is 0 Å². The molecule has 0 fully saturated rings. The summed E-state index contributed by atoms with van der Waals surface area (Å²) in [4.78, 5) is 26.9. The maximum atomic E-state index is 13.7. The van der Waals surface area contributed by atoms with Gasteiger partial charge in [0.1, 0.15) is 12.7 Å². The number of pyridine rings is 2. The fraction of sp³-hybridized carbons (Fsp3) is 0.0370. The number of anilines is 1. The van der Waals surface area contributed by atoms with Crippen LogP contribution >= 0.6 is 0 Å². The van der Waals surface area contributed by atoms with Crippen LogP contribution in [0, 0.1) is 0 Å². The van der Waals surface area contributed by atoms with Crippen LogP contribution in [0.1, 0.15) is 15.9 Å². The van der Waals surface area contributed by atoms with E-state index in [1.54, 1.807) is 30.6 Å². The van der Waals surface area contributed by atoms with Crippen LogP contribution < -0.4 is 5.32 Å². The van der Waals surface area contributed by atoms with E-state index in [0.717, 1.165) is 11.1 Å². The molecular weight excluding hydrogens is 452 g/mol. The van der Waals surface area contributed by atoms with Crippen LogP contribution in [0.25, 0.3) is 28.1 Å². The maximum absolute atomic E-state index is 13.7. The number of hydrogen-bond donors (Lipinski definition) is 1. The lowest BCUT2D eigenvalue weighted by atomic mass is 10.1. The second-order valence-electron chi connectivity index (χ2n) is 8.11. The average molecular weight is 473 g/mol. The van der Waals surface area contributed by atoms with Gasteiger partial charge in [-0.15, -0.1) is 0 Å². The smallest absolute Gasteiger partial charge is 0.256 e. The Kier molecular flexibility index (Phi) is 5.47. The normalized spacial score (nSPS) is 11.0. The molecule has 4 aromatic heterocycles. The van der Waals surface area contributed by atoms with E-state index in [1.165, 1.54) is 17.3 Å². The van der Waals surface area contributed by atoms with E-state index in [0.29, 0.717) is 40.3 Å². The lowest BCUT2D eigenvalue weighted by Crippen LogP contribution is -2.15. The van der Waals surface area contributed by atoms with Gasteiger partial charge in [0.2, 0.25) is 0 Å². The van der Waals surface area contributed by atoms with E-state index in [1.807, 2.05) is 65.3 Å². The molecule has 6 rings (SSSR count). The van der Waals surface area contributed by atoms with Crippen LogP contribution in [0.15, 0.2) is 104 Å². The average Bonchev–Trinajstić information content (AvgIpc) is 3.60. The Labute approximate surface area is 206 Å². The molecule has 2 aromatic carbocycles. The van der Waals surface area contributed by atoms with Crippen molar-refractivity contribution in [1.82, 2.24) is 34.5 Å². The fourth-order valence-electron chi connectivity index (χ4n) is 4.05. The number of benzene rings is 2. The molecule has 0 atom stereocenters. The summed E-state index contributed by atoms with van der Waals surface area (Å²) >= 11 is 0. The minimum Gasteiger partial charge on any atom is -0.319 e. The van der Waals surface area contributed by atoms with Gasteiger partial charge in [-0.05, 0) is 23.8 Å². The molecule has 0 unspecified atom stereocenters. The fourth-order valence-corrected chi connectivity index (χ4v) is 4.05. The molecule has 36 heavy (non-hydrogen) atoms. The number of rotatable bonds is 6. The number of aromatic nitrogens is 7. The first kappa shape index (κ1) is 21.4. The van der Waals surface area contributed by atoms with Crippen LogP contribution in [-0.4, -0.2) is 40.4 Å². The molecule has 0 aliphatic rings. The highest BCUT2D eigenvalue weighted by Crippen LogP contribution is 2.27. The van der Waals surface area contributed by atoms with Gasteiger partial charge in [-0.1, -0.05) is 60.7 Å². The lowest BCUT2D eigenvalue weighted by Gasteiger charge is -2.12. The van der Waals surface area contributed by atoms with Crippen molar-refractivity contribution in [2.45, 2.75) is 6.54 Å². The highest BCUT2D eigenvalue weighted by Gasteiger charge is 2.19. The lowest BCUT2D eigenvalue weighted by molar-refractivity contribution is 0.102. The van der Waals surface area contributed by atoms with Gasteiger partial charge in [0, 0.05) is 11.8 Å². The molecule has 0 spiro atoms. The first-order chi connectivity index (χ1) is 17.8. The zero-order chi connectivity index (χ0) is 24.3. The Balaban J connectivity index is 1.44. The van der Waals surface area contributed by atoms with E-state index in [2.05, 4.69) is 25.5 Å². The number of hydrogen-bond acceptors (Lipinski definition) is 6. The van der Waals surface area contributed by atoms with Gasteiger partial charge in [0.05, 0.1) is 35.1 Å². The summed E-state index contributed by atoms with van der Waals surface area (Å²) in [5.41, 5.74) is 4.29. The summed E-state index contributed by atoms with van der Waals surface area (Å²) in [7, 11) is 0. The molecule has 174 valence electrons. The molecule has 0 aliphatic heterocycles. The molecule has 0 radical (unpaired) electrons. The number of amides is 1. The van der Waals surface area contributed by atoms with Crippen LogP contribution in [-0.2, 0) is 6.54 Å². The number of carbonyl (C=O) groups excluding carboxylic acids is 1. The summed E-state index contributed by atoms with van der Waals surface area (Å²) in [6.45, 7) is 0.537. The van der Waals surface area contributed by atoms with Crippen LogP contribution in [0.4, 0.5) is 5.69 Å². The molecule has 6 aromatic rings. The number of nitrogens with one attached hydrogen (secondary N) is 1. The SMILES string of the molecule is O=C(Nc1cccnc1-n1cncn1)c1cc(-c2ccccc2)nc2c1cnn2Cc1ccccc1. The molecule has 1 N–H and O–H groups in total. The van der Waals surface area contributed by atoms with E-state index in [-0.39, 0.29) is 5.91 Å². The second-order valence-corrected chi connectivity index (χ2v) is 8.11. The van der Waals surface area contributed by atoms with Crippen molar-refractivity contribution in [3.8, 4) is 17.1 Å². The third-order valence-corrected chi connectivity index (χ3v) is 5.77. The second kappa shape index (κ2) is 9.22. The summed E-state index contributed by atoms with van der Waals surface area (Å²) in [5.74, 6) is 0.171. The van der Waals surface area contributed by atoms with Crippen LogP contribution in [0.5, 0.6) is 0 Å². The summed E-state index contributed by atoms with van der Waals surface area (Å²) in [6, 6.07) is 25.1. The molecule has 9 heteroatoms. The van der Waals surface area contributed by atoms with Gasteiger partial charge in [0.15, 0.2) is 11.5 Å². The predicted octanol–water partition coefficient (Wildman–Crippen LogP) is 4.37. The largest absolute Gasteiger partial charge is 0.319 e. The van der Waals surface area contributed by atoms with Gasteiger partial charge in [-0.3, -0.25) is 4.79 Å². The van der Waals surface area contributed by atoms with E-state index in [9.17, 15) is 4.79 Å². The van der Waals surface area contributed by atoms with Crippen LogP contribution in [0.3, 0.4) is 0 Å². The quantitative estimate of drug-likeness (QED) is 0.386. The Hall–Kier alpha value is -5.18. The molecule has 0 bridgehead atoms. The van der Waals surface area contributed by atoms with Crippen molar-refractivity contribution in [2.24, 2.45) is 0 Å². The maximum Gasteiger partial charge on any atom is 0.256 e. The molecule has 4 heterocycles. The van der Waals surface area contributed by atoms with E-state index in [4.69, 9.17) is 4.98 Å². The minimum absolute atomic E-state index is 0.298. The Bertz CT molecular complexity index is 1640. The Morgan fingerprint density at radius 2 is 1.72 bits per heavy atom. The topological polar surface area (TPSA) is 103 Å². The van der Waals surface area contributed by atoms with Crippen molar-refractivity contribution in [2.75, 3.05) is 5.32 Å². The molecule has 1 amide bonds. The minimum atomic E-state index is -0.298. The number of carbonyl (C=O) groups is 1. The standard InChI is InChI=1S/C27H20N8O/c36-27(33-23-12-7-13-29-26(23)35-18-28-17-31-35)21-14-24(20-10-5-2-6-11-20)32-25-22(21)15-30-34(25)16-19-8-3-1-4-9-19/h1-15,17-18H,16H2,(H,33,36). The monoisotopic (exact) mass is 472 g/mol. The first-order valence-electron chi connectivity index (χ1n) is 11.3. The highest BCUT2D eigenvalue weighted by molar-refractivity contribution is 6.13. The predicted molar refractivity (Wildman–Crippen MR) is 136 cm³/mol. The van der Waals surface area contributed by atoms with Crippen molar-refractivity contribution in [3.63, 3.8) is 0 Å². The summed E-state index contributed by atoms with van der Waals surface area (Å²) in [6.07, 6.45) is 6.28. The van der Waals surface area contributed by atoms with Gasteiger partial charge in [0.25, 0.3) is 5.91 Å². The molecular formula is C27H20N8O. The molecule has 0 saturated carbocycles. The summed E-state index contributed by atoms with van der Waals surface area (Å²) in [5, 5.41) is 12.4. The van der Waals surface area contributed by atoms with Gasteiger partial charge >= 0.3 is 0 Å². The number of fused-ring (bicyclic) bond motifs is 1. The molecule has 0 saturated heterocycles.